The van der Waals surface area contributed by atoms with Crippen molar-refractivity contribution in [3.05, 3.63) is 34.8 Å². The third-order valence-electron chi connectivity index (χ3n) is 2.37. The Bertz CT molecular complexity index is 566. The number of hydrogen-bond acceptors (Lipinski definition) is 5. The van der Waals surface area contributed by atoms with E-state index in [0.717, 1.165) is 10.6 Å². The van der Waals surface area contributed by atoms with Gasteiger partial charge in [-0.1, -0.05) is 0 Å². The molecule has 0 amide bonds. The van der Waals surface area contributed by atoms with Crippen LogP contribution in [0.1, 0.15) is 22.3 Å². The Morgan fingerprint density at radius 2 is 2.00 bits per heavy atom. The lowest BCUT2D eigenvalue weighted by molar-refractivity contribution is 0.0531. The number of esters is 1. The van der Waals surface area contributed by atoms with Gasteiger partial charge in [0.05, 0.1) is 12.3 Å². The van der Waals surface area contributed by atoms with Gasteiger partial charge in [0.2, 0.25) is 0 Å². The summed E-state index contributed by atoms with van der Waals surface area (Å²) >= 11 is 1.30. The fraction of sp³-hybridized carbons (Fsp3) is 0.231. The molecule has 0 aliphatic rings. The topological polar surface area (TPSA) is 59.4 Å². The van der Waals surface area contributed by atoms with Gasteiger partial charge < -0.3 is 9.84 Å². The zero-order valence-corrected chi connectivity index (χ0v) is 12.2. The number of phenols is 1. The Kier molecular flexibility index (Phi) is 5.32. The first-order valence-corrected chi connectivity index (χ1v) is 6.37. The van der Waals surface area contributed by atoms with Crippen LogP contribution in [0.15, 0.2) is 24.3 Å². The summed E-state index contributed by atoms with van der Waals surface area (Å²) in [6.07, 6.45) is 0. The quantitative estimate of drug-likeness (QED) is 0.882. The summed E-state index contributed by atoms with van der Waals surface area (Å²) in [7, 11) is 0. The van der Waals surface area contributed by atoms with Crippen molar-refractivity contribution in [1.29, 1.82) is 0 Å². The lowest BCUT2D eigenvalue weighted by atomic mass is 10.2. The predicted molar refractivity (Wildman–Crippen MR) is 77.2 cm³/mol. The summed E-state index contributed by atoms with van der Waals surface area (Å²) < 4.78 is 4.97. The molecule has 1 aromatic carbocycles. The molecule has 1 N–H and O–H groups in total. The summed E-state index contributed by atoms with van der Waals surface area (Å²) in [5.41, 5.74) is 1.54. The minimum atomic E-state index is -0.336. The van der Waals surface area contributed by atoms with Crippen molar-refractivity contribution in [1.82, 2.24) is 4.98 Å². The Labute approximate surface area is 121 Å². The molecule has 102 valence electrons. The summed E-state index contributed by atoms with van der Waals surface area (Å²) in [6, 6.07) is 6.72. The molecule has 0 unspecified atom stereocenters. The number of aromatic hydroxyl groups is 1. The number of aryl methyl sites for hydroxylation is 1. The monoisotopic (exact) mass is 299 g/mol. The number of halogens is 1. The molecule has 0 saturated heterocycles. The molecule has 0 atom stereocenters. The zero-order valence-electron chi connectivity index (χ0n) is 10.5. The molecule has 0 fully saturated rings. The highest BCUT2D eigenvalue weighted by atomic mass is 35.5. The maximum Gasteiger partial charge on any atom is 0.350 e. The van der Waals surface area contributed by atoms with Crippen LogP contribution >= 0.6 is 23.7 Å². The maximum absolute atomic E-state index is 11.7. The number of hydrogen-bond donors (Lipinski definition) is 1. The second kappa shape index (κ2) is 6.54. The summed E-state index contributed by atoms with van der Waals surface area (Å²) in [5, 5.41) is 9.98. The van der Waals surface area contributed by atoms with E-state index in [1.54, 1.807) is 38.1 Å². The smallest absolute Gasteiger partial charge is 0.350 e. The van der Waals surface area contributed by atoms with Gasteiger partial charge in [-0.3, -0.25) is 0 Å². The van der Waals surface area contributed by atoms with Gasteiger partial charge in [-0.15, -0.1) is 23.7 Å². The van der Waals surface area contributed by atoms with E-state index in [1.807, 2.05) is 0 Å². The van der Waals surface area contributed by atoms with Crippen LogP contribution in [0.3, 0.4) is 0 Å². The third-order valence-corrected chi connectivity index (χ3v) is 3.56. The van der Waals surface area contributed by atoms with Crippen molar-refractivity contribution in [3.8, 4) is 16.3 Å². The molecule has 4 nitrogen and oxygen atoms in total. The summed E-state index contributed by atoms with van der Waals surface area (Å²) in [5.74, 6) is -0.129. The number of ether oxygens (including phenoxy) is 1. The van der Waals surface area contributed by atoms with Crippen molar-refractivity contribution in [3.63, 3.8) is 0 Å². The minimum absolute atomic E-state index is 0. The van der Waals surface area contributed by atoms with Gasteiger partial charge in [-0.05, 0) is 38.1 Å². The summed E-state index contributed by atoms with van der Waals surface area (Å²) in [4.78, 5) is 16.6. The van der Waals surface area contributed by atoms with Gasteiger partial charge >= 0.3 is 5.97 Å². The van der Waals surface area contributed by atoms with Crippen LogP contribution < -0.4 is 0 Å². The molecular formula is C13H14ClNO3S. The van der Waals surface area contributed by atoms with Gasteiger partial charge in [-0.2, -0.15) is 0 Å². The second-order valence-electron chi connectivity index (χ2n) is 3.70. The van der Waals surface area contributed by atoms with Crippen LogP contribution in [0.4, 0.5) is 0 Å². The molecule has 2 rings (SSSR count). The number of aromatic nitrogens is 1. The van der Waals surface area contributed by atoms with E-state index in [4.69, 9.17) is 4.74 Å². The lowest BCUT2D eigenvalue weighted by Crippen LogP contribution is -2.03. The van der Waals surface area contributed by atoms with Crippen LogP contribution in [-0.2, 0) is 4.74 Å². The van der Waals surface area contributed by atoms with Gasteiger partial charge in [-0.25, -0.2) is 9.78 Å². The van der Waals surface area contributed by atoms with E-state index in [9.17, 15) is 9.90 Å². The van der Waals surface area contributed by atoms with Gasteiger partial charge in [0.1, 0.15) is 15.6 Å². The SMILES string of the molecule is CCOC(=O)c1sc(-c2ccc(O)cc2)nc1C.Cl. The first-order chi connectivity index (χ1) is 8.61. The molecule has 1 heterocycles. The number of benzene rings is 1. The maximum atomic E-state index is 11.7. The number of carbonyl (C=O) groups is 1. The molecule has 1 aromatic heterocycles. The lowest BCUT2D eigenvalue weighted by Gasteiger charge is -1.97. The van der Waals surface area contributed by atoms with Crippen molar-refractivity contribution in [2.75, 3.05) is 6.61 Å². The Hall–Kier alpha value is -1.59. The molecule has 19 heavy (non-hydrogen) atoms. The second-order valence-corrected chi connectivity index (χ2v) is 4.70. The van der Waals surface area contributed by atoms with E-state index in [0.29, 0.717) is 17.2 Å². The number of carbonyl (C=O) groups excluding carboxylic acids is 1. The van der Waals surface area contributed by atoms with Crippen LogP contribution in [0, 0.1) is 6.92 Å². The Morgan fingerprint density at radius 3 is 2.58 bits per heavy atom. The highest BCUT2D eigenvalue weighted by molar-refractivity contribution is 7.17. The fourth-order valence-corrected chi connectivity index (χ4v) is 2.48. The molecule has 0 spiro atoms. The normalized spacial score (nSPS) is 9.79. The Balaban J connectivity index is 0.00000180. The van der Waals surface area contributed by atoms with Crippen LogP contribution in [0.5, 0.6) is 5.75 Å². The first-order valence-electron chi connectivity index (χ1n) is 5.55. The molecule has 2 aromatic rings. The first kappa shape index (κ1) is 15.5. The van der Waals surface area contributed by atoms with Crippen molar-refractivity contribution in [2.24, 2.45) is 0 Å². The van der Waals surface area contributed by atoms with Crippen LogP contribution in [-0.4, -0.2) is 22.7 Å². The molecule has 0 saturated carbocycles. The highest BCUT2D eigenvalue weighted by Gasteiger charge is 2.16. The number of thiazole rings is 1. The van der Waals surface area contributed by atoms with Crippen LogP contribution in [0.2, 0.25) is 0 Å². The van der Waals surface area contributed by atoms with Crippen LogP contribution in [0.25, 0.3) is 10.6 Å². The predicted octanol–water partition coefficient (Wildman–Crippen LogP) is 3.42. The van der Waals surface area contributed by atoms with Crippen molar-refractivity contribution < 1.29 is 14.6 Å². The molecule has 0 aliphatic carbocycles. The average Bonchev–Trinajstić information content (AvgIpc) is 2.72. The van der Waals surface area contributed by atoms with Crippen molar-refractivity contribution in [2.45, 2.75) is 13.8 Å². The molecular weight excluding hydrogens is 286 g/mol. The fourth-order valence-electron chi connectivity index (χ4n) is 1.51. The van der Waals surface area contributed by atoms with E-state index in [2.05, 4.69) is 4.98 Å². The van der Waals surface area contributed by atoms with E-state index < -0.39 is 0 Å². The number of phenolic OH excluding ortho intramolecular Hbond substituents is 1. The number of nitrogens with zero attached hydrogens (tertiary/aromatic N) is 1. The third kappa shape index (κ3) is 3.45. The zero-order chi connectivity index (χ0) is 13.1. The summed E-state index contributed by atoms with van der Waals surface area (Å²) in [6.45, 7) is 3.91. The van der Waals surface area contributed by atoms with E-state index in [1.165, 1.54) is 11.3 Å². The molecule has 6 heteroatoms. The average molecular weight is 300 g/mol. The van der Waals surface area contributed by atoms with Gasteiger partial charge in [0.15, 0.2) is 0 Å². The molecule has 0 aliphatic heterocycles. The Morgan fingerprint density at radius 1 is 1.37 bits per heavy atom. The standard InChI is InChI=1S/C13H13NO3S.ClH/c1-3-17-13(16)11-8(2)14-12(18-11)9-4-6-10(15)7-5-9;/h4-7,15H,3H2,1-2H3;1H. The van der Waals surface area contributed by atoms with Gasteiger partial charge in [0, 0.05) is 5.56 Å². The minimum Gasteiger partial charge on any atom is -0.508 e. The molecule has 0 bridgehead atoms. The van der Waals surface area contributed by atoms with E-state index >= 15 is 0 Å². The van der Waals surface area contributed by atoms with Gasteiger partial charge in [0.25, 0.3) is 0 Å². The highest BCUT2D eigenvalue weighted by Crippen LogP contribution is 2.29. The van der Waals surface area contributed by atoms with Crippen molar-refractivity contribution >= 4 is 29.7 Å². The largest absolute Gasteiger partial charge is 0.508 e. The van der Waals surface area contributed by atoms with E-state index in [-0.39, 0.29) is 24.1 Å². The number of rotatable bonds is 3. The molecule has 0 radical (unpaired) electrons.